The molecule has 1 saturated heterocycles. The fraction of sp³-hybridized carbons (Fsp3) is 0.500. The number of para-hydroxylation sites is 1. The highest BCUT2D eigenvalue weighted by atomic mass is 15.3. The third-order valence-electron chi connectivity index (χ3n) is 5.76. The number of nitrogens with zero attached hydrogens (tertiary/aromatic N) is 3. The van der Waals surface area contributed by atoms with Gasteiger partial charge in [0.1, 0.15) is 0 Å². The minimum Gasteiger partial charge on any atom is -0.356 e. The van der Waals surface area contributed by atoms with E-state index in [1.807, 2.05) is 19.3 Å². The first kappa shape index (κ1) is 15.4. The van der Waals surface area contributed by atoms with Crippen molar-refractivity contribution >= 4 is 16.9 Å². The van der Waals surface area contributed by atoms with E-state index in [0.717, 1.165) is 31.0 Å². The topological polar surface area (TPSA) is 40.5 Å². The summed E-state index contributed by atoms with van der Waals surface area (Å²) < 4.78 is 0. The Balaban J connectivity index is 1.37. The van der Waals surface area contributed by atoms with Crippen LogP contribution in [0.15, 0.2) is 41.5 Å². The van der Waals surface area contributed by atoms with Crippen molar-refractivity contribution in [1.82, 2.24) is 15.2 Å². The van der Waals surface area contributed by atoms with Crippen molar-refractivity contribution in [3.8, 4) is 0 Å². The largest absolute Gasteiger partial charge is 0.356 e. The van der Waals surface area contributed by atoms with Crippen LogP contribution in [0.4, 0.5) is 0 Å². The number of nitrogens with one attached hydrogen (secondary N) is 1. The van der Waals surface area contributed by atoms with Gasteiger partial charge >= 0.3 is 0 Å². The fourth-order valence-electron chi connectivity index (χ4n) is 4.21. The molecule has 1 aliphatic carbocycles. The lowest BCUT2D eigenvalue weighted by Gasteiger charge is -2.38. The number of guanidine groups is 1. The minimum atomic E-state index is 0.608. The van der Waals surface area contributed by atoms with E-state index in [2.05, 4.69) is 44.5 Å². The SMILES string of the molecule is CN=C(NCCc1cccc2cccnc12)N1CCC2(CCC2)C1. The third kappa shape index (κ3) is 2.85. The second-order valence-electron chi connectivity index (χ2n) is 7.24. The molecule has 4 rings (SSSR count). The second kappa shape index (κ2) is 6.42. The van der Waals surface area contributed by atoms with Gasteiger partial charge in [-0.2, -0.15) is 0 Å². The van der Waals surface area contributed by atoms with Crippen LogP contribution < -0.4 is 5.32 Å². The Morgan fingerprint density at radius 1 is 1.25 bits per heavy atom. The maximum Gasteiger partial charge on any atom is 0.193 e. The maximum absolute atomic E-state index is 4.55. The third-order valence-corrected chi connectivity index (χ3v) is 5.76. The molecule has 0 bridgehead atoms. The van der Waals surface area contributed by atoms with Crippen LogP contribution in [0, 0.1) is 5.41 Å². The molecule has 0 unspecified atom stereocenters. The maximum atomic E-state index is 4.55. The second-order valence-corrected chi connectivity index (χ2v) is 7.24. The van der Waals surface area contributed by atoms with Crippen molar-refractivity contribution in [1.29, 1.82) is 0 Å². The molecule has 1 aromatic heterocycles. The average molecular weight is 322 g/mol. The van der Waals surface area contributed by atoms with Crippen LogP contribution in [-0.4, -0.2) is 42.5 Å². The molecule has 2 heterocycles. The highest BCUT2D eigenvalue weighted by Gasteiger charge is 2.43. The highest BCUT2D eigenvalue weighted by Crippen LogP contribution is 2.47. The molecule has 1 N–H and O–H groups in total. The van der Waals surface area contributed by atoms with E-state index in [0.29, 0.717) is 5.41 Å². The van der Waals surface area contributed by atoms with Gasteiger partial charge in [-0.1, -0.05) is 30.7 Å². The normalized spacial score (nSPS) is 19.7. The Hall–Kier alpha value is -2.10. The Bertz CT molecular complexity index is 743. The molecule has 2 fully saturated rings. The summed E-state index contributed by atoms with van der Waals surface area (Å²) in [5.74, 6) is 1.06. The monoisotopic (exact) mass is 322 g/mol. The van der Waals surface area contributed by atoms with Crippen LogP contribution in [-0.2, 0) is 6.42 Å². The van der Waals surface area contributed by atoms with E-state index in [-0.39, 0.29) is 0 Å². The Kier molecular flexibility index (Phi) is 4.13. The smallest absolute Gasteiger partial charge is 0.193 e. The van der Waals surface area contributed by atoms with Gasteiger partial charge in [-0.15, -0.1) is 0 Å². The van der Waals surface area contributed by atoms with Gasteiger partial charge in [0.25, 0.3) is 0 Å². The molecule has 1 spiro atoms. The van der Waals surface area contributed by atoms with Crippen LogP contribution in [0.2, 0.25) is 0 Å². The summed E-state index contributed by atoms with van der Waals surface area (Å²) in [6.45, 7) is 3.23. The Morgan fingerprint density at radius 2 is 2.12 bits per heavy atom. The molecule has 1 saturated carbocycles. The first-order chi connectivity index (χ1) is 11.8. The highest BCUT2D eigenvalue weighted by molar-refractivity contribution is 5.82. The summed E-state index contributed by atoms with van der Waals surface area (Å²) >= 11 is 0. The van der Waals surface area contributed by atoms with Gasteiger partial charge in [0.2, 0.25) is 0 Å². The van der Waals surface area contributed by atoms with Gasteiger partial charge in [0.15, 0.2) is 5.96 Å². The number of aliphatic imine (C=N–C) groups is 1. The van der Waals surface area contributed by atoms with E-state index in [1.165, 1.54) is 43.2 Å². The predicted octanol–water partition coefficient (Wildman–Crippen LogP) is 3.23. The summed E-state index contributed by atoms with van der Waals surface area (Å²) in [5.41, 5.74) is 3.02. The van der Waals surface area contributed by atoms with Crippen molar-refractivity contribution in [2.75, 3.05) is 26.7 Å². The summed E-state index contributed by atoms with van der Waals surface area (Å²) in [7, 11) is 1.90. The van der Waals surface area contributed by atoms with Crippen molar-refractivity contribution in [2.24, 2.45) is 10.4 Å². The molecule has 0 radical (unpaired) electrons. The lowest BCUT2D eigenvalue weighted by molar-refractivity contribution is 0.151. The zero-order chi connectivity index (χ0) is 16.4. The van der Waals surface area contributed by atoms with Crippen molar-refractivity contribution in [3.63, 3.8) is 0 Å². The number of rotatable bonds is 3. The molecule has 0 amide bonds. The molecule has 4 heteroatoms. The molecule has 24 heavy (non-hydrogen) atoms. The Labute approximate surface area is 144 Å². The lowest BCUT2D eigenvalue weighted by Crippen LogP contribution is -2.43. The van der Waals surface area contributed by atoms with Gasteiger partial charge in [-0.25, -0.2) is 0 Å². The summed E-state index contributed by atoms with van der Waals surface area (Å²) in [5, 5.41) is 4.77. The first-order valence-electron chi connectivity index (χ1n) is 9.08. The van der Waals surface area contributed by atoms with Gasteiger partial charge < -0.3 is 10.2 Å². The number of fused-ring (bicyclic) bond motifs is 1. The number of hydrogen-bond acceptors (Lipinski definition) is 2. The molecule has 1 aromatic carbocycles. The van der Waals surface area contributed by atoms with Crippen LogP contribution >= 0.6 is 0 Å². The fourth-order valence-corrected chi connectivity index (χ4v) is 4.21. The van der Waals surface area contributed by atoms with Crippen LogP contribution in [0.25, 0.3) is 10.9 Å². The number of benzene rings is 1. The Morgan fingerprint density at radius 3 is 2.88 bits per heavy atom. The zero-order valence-corrected chi connectivity index (χ0v) is 14.5. The van der Waals surface area contributed by atoms with E-state index in [1.54, 1.807) is 0 Å². The molecule has 0 atom stereocenters. The quantitative estimate of drug-likeness (QED) is 0.697. The van der Waals surface area contributed by atoms with Crippen molar-refractivity contribution in [2.45, 2.75) is 32.1 Å². The van der Waals surface area contributed by atoms with Gasteiger partial charge in [-0.3, -0.25) is 9.98 Å². The number of aromatic nitrogens is 1. The molecule has 2 aliphatic rings. The zero-order valence-electron chi connectivity index (χ0n) is 14.5. The summed E-state index contributed by atoms with van der Waals surface area (Å²) in [6, 6.07) is 10.5. The summed E-state index contributed by atoms with van der Waals surface area (Å²) in [6.07, 6.45) is 8.39. The van der Waals surface area contributed by atoms with Crippen LogP contribution in [0.5, 0.6) is 0 Å². The standard InChI is InChI=1S/C20H26N4/c1-21-19(24-14-11-20(15-24)9-4-10-20)23-13-8-17-6-2-5-16-7-3-12-22-18(16)17/h2-3,5-7,12H,4,8-11,13-15H2,1H3,(H,21,23). The first-order valence-corrected chi connectivity index (χ1v) is 9.08. The summed E-state index contributed by atoms with van der Waals surface area (Å²) in [4.78, 5) is 11.5. The van der Waals surface area contributed by atoms with Crippen molar-refractivity contribution < 1.29 is 0 Å². The van der Waals surface area contributed by atoms with E-state index in [4.69, 9.17) is 0 Å². The lowest BCUT2D eigenvalue weighted by atomic mass is 9.68. The van der Waals surface area contributed by atoms with E-state index < -0.39 is 0 Å². The van der Waals surface area contributed by atoms with E-state index in [9.17, 15) is 0 Å². The number of pyridine rings is 1. The van der Waals surface area contributed by atoms with Gasteiger partial charge in [0.05, 0.1) is 5.52 Å². The van der Waals surface area contributed by atoms with Crippen LogP contribution in [0.3, 0.4) is 0 Å². The number of hydrogen-bond donors (Lipinski definition) is 1. The van der Waals surface area contributed by atoms with E-state index >= 15 is 0 Å². The predicted molar refractivity (Wildman–Crippen MR) is 99.3 cm³/mol. The molecule has 1 aliphatic heterocycles. The molecular formula is C20H26N4. The molecule has 4 nitrogen and oxygen atoms in total. The molecular weight excluding hydrogens is 296 g/mol. The van der Waals surface area contributed by atoms with Crippen molar-refractivity contribution in [3.05, 3.63) is 42.1 Å². The average Bonchev–Trinajstić information content (AvgIpc) is 3.05. The number of likely N-dealkylation sites (tertiary alicyclic amines) is 1. The van der Waals surface area contributed by atoms with Gasteiger partial charge in [-0.05, 0) is 42.7 Å². The van der Waals surface area contributed by atoms with Crippen LogP contribution in [0.1, 0.15) is 31.2 Å². The van der Waals surface area contributed by atoms with Gasteiger partial charge in [0, 0.05) is 38.3 Å². The minimum absolute atomic E-state index is 0.608. The molecule has 126 valence electrons. The molecule has 2 aromatic rings.